The maximum atomic E-state index is 12.8. The van der Waals surface area contributed by atoms with E-state index in [9.17, 15) is 9.90 Å². The number of halogens is 1. The van der Waals surface area contributed by atoms with Gasteiger partial charge in [0.1, 0.15) is 5.69 Å². The van der Waals surface area contributed by atoms with Crippen LogP contribution in [0.5, 0.6) is 0 Å². The second-order valence-electron chi connectivity index (χ2n) is 6.69. The largest absolute Gasteiger partial charge is 0.396 e. The van der Waals surface area contributed by atoms with Crippen LogP contribution >= 0.6 is 15.9 Å². The monoisotopic (exact) mass is 420 g/mol. The van der Waals surface area contributed by atoms with Crippen LogP contribution in [-0.2, 0) is 13.1 Å². The molecule has 6 nitrogen and oxygen atoms in total. The molecule has 1 aliphatic rings. The third-order valence-electron chi connectivity index (χ3n) is 4.95. The molecule has 140 valence electrons. The van der Waals surface area contributed by atoms with Crippen molar-refractivity contribution in [2.75, 3.05) is 19.7 Å². The first-order chi connectivity index (χ1) is 12.6. The fourth-order valence-corrected chi connectivity index (χ4v) is 3.98. The lowest BCUT2D eigenvalue weighted by Gasteiger charge is -2.38. The Hall–Kier alpha value is -1.70. The number of nitrogens with one attached hydrogen (secondary N) is 1. The molecule has 2 aromatic rings. The average Bonchev–Trinajstić information content (AvgIpc) is 3.03. The molecule has 1 aromatic heterocycles. The van der Waals surface area contributed by atoms with Gasteiger partial charge in [-0.15, -0.1) is 0 Å². The van der Waals surface area contributed by atoms with Crippen LogP contribution < -0.4 is 5.32 Å². The number of hydrogen-bond donors (Lipinski definition) is 2. The lowest BCUT2D eigenvalue weighted by Crippen LogP contribution is -2.53. The van der Waals surface area contributed by atoms with E-state index in [1.165, 1.54) is 5.56 Å². The zero-order chi connectivity index (χ0) is 18.5. The Morgan fingerprint density at radius 3 is 2.85 bits per heavy atom. The second-order valence-corrected chi connectivity index (χ2v) is 7.54. The Kier molecular flexibility index (Phi) is 6.45. The predicted molar refractivity (Wildman–Crippen MR) is 104 cm³/mol. The van der Waals surface area contributed by atoms with E-state index in [1.807, 2.05) is 25.1 Å². The van der Waals surface area contributed by atoms with E-state index in [0.717, 1.165) is 26.1 Å². The summed E-state index contributed by atoms with van der Waals surface area (Å²) in [6, 6.07) is 10.2. The van der Waals surface area contributed by atoms with Crippen LogP contribution in [0.3, 0.4) is 0 Å². The van der Waals surface area contributed by atoms with E-state index in [-0.39, 0.29) is 24.5 Å². The highest BCUT2D eigenvalue weighted by atomic mass is 79.9. The molecule has 3 rings (SSSR count). The Morgan fingerprint density at radius 1 is 1.38 bits per heavy atom. The molecule has 26 heavy (non-hydrogen) atoms. The molecule has 0 bridgehead atoms. The number of aromatic nitrogens is 2. The topological polar surface area (TPSA) is 70.4 Å². The third-order valence-corrected chi connectivity index (χ3v) is 5.53. The molecule has 0 radical (unpaired) electrons. The summed E-state index contributed by atoms with van der Waals surface area (Å²) in [6.07, 6.45) is 2.51. The number of benzene rings is 1. The van der Waals surface area contributed by atoms with Gasteiger partial charge in [0, 0.05) is 38.2 Å². The van der Waals surface area contributed by atoms with Gasteiger partial charge in [0.05, 0.1) is 10.7 Å². The normalized spacial score (nSPS) is 20.9. The van der Waals surface area contributed by atoms with Crippen molar-refractivity contribution in [1.82, 2.24) is 20.0 Å². The van der Waals surface area contributed by atoms with Crippen LogP contribution in [-0.4, -0.2) is 51.4 Å². The minimum atomic E-state index is -0.152. The molecule has 7 heteroatoms. The number of aliphatic hydroxyl groups excluding tert-OH is 1. The molecule has 2 unspecified atom stereocenters. The highest BCUT2D eigenvalue weighted by molar-refractivity contribution is 9.10. The molecule has 1 aliphatic heterocycles. The number of piperidine rings is 1. The number of amides is 1. The zero-order valence-electron chi connectivity index (χ0n) is 14.9. The van der Waals surface area contributed by atoms with Crippen LogP contribution in [0.4, 0.5) is 0 Å². The Balaban J connectivity index is 1.69. The molecule has 1 saturated heterocycles. The number of nitrogens with zero attached hydrogens (tertiary/aromatic N) is 3. The van der Waals surface area contributed by atoms with Crippen LogP contribution in [0.2, 0.25) is 0 Å². The number of carbonyl (C=O) groups excluding carboxylic acids is 1. The summed E-state index contributed by atoms with van der Waals surface area (Å²) >= 11 is 3.41. The highest BCUT2D eigenvalue weighted by Crippen LogP contribution is 2.21. The van der Waals surface area contributed by atoms with Crippen molar-refractivity contribution >= 4 is 21.8 Å². The zero-order valence-corrected chi connectivity index (χ0v) is 16.5. The number of likely N-dealkylation sites (tertiary alicyclic amines) is 1. The second kappa shape index (κ2) is 8.79. The Labute approximate surface area is 162 Å². The van der Waals surface area contributed by atoms with Gasteiger partial charge >= 0.3 is 0 Å². The van der Waals surface area contributed by atoms with E-state index in [4.69, 9.17) is 0 Å². The van der Waals surface area contributed by atoms with E-state index >= 15 is 0 Å². The minimum Gasteiger partial charge on any atom is -0.396 e. The molecule has 1 amide bonds. The quantitative estimate of drug-likeness (QED) is 0.751. The average molecular weight is 421 g/mol. The van der Waals surface area contributed by atoms with E-state index in [0.29, 0.717) is 16.7 Å². The van der Waals surface area contributed by atoms with Gasteiger partial charge in [0.2, 0.25) is 0 Å². The molecule has 0 saturated carbocycles. The SMILES string of the molecule is CCn1ncc(Br)c1C(=O)NC1CN(Cc2ccccc2)CCC1CO. The summed E-state index contributed by atoms with van der Waals surface area (Å²) < 4.78 is 2.37. The molecule has 0 spiro atoms. The molecular weight excluding hydrogens is 396 g/mol. The van der Waals surface area contributed by atoms with Gasteiger partial charge in [0.15, 0.2) is 0 Å². The molecule has 2 atom stereocenters. The standard InChI is InChI=1S/C19H25BrN4O2/c1-2-24-18(16(20)10-21-24)19(26)22-17-12-23(9-8-15(17)13-25)11-14-6-4-3-5-7-14/h3-7,10,15,17,25H,2,8-9,11-13H2,1H3,(H,22,26). The van der Waals surface area contributed by atoms with Gasteiger partial charge in [-0.25, -0.2) is 0 Å². The van der Waals surface area contributed by atoms with Gasteiger partial charge in [-0.2, -0.15) is 5.10 Å². The van der Waals surface area contributed by atoms with E-state index < -0.39 is 0 Å². The molecule has 1 fully saturated rings. The highest BCUT2D eigenvalue weighted by Gasteiger charge is 2.31. The fourth-order valence-electron chi connectivity index (χ4n) is 3.50. The van der Waals surface area contributed by atoms with Crippen LogP contribution in [0.15, 0.2) is 41.0 Å². The van der Waals surface area contributed by atoms with Crippen molar-refractivity contribution in [3.63, 3.8) is 0 Å². The molecule has 1 aromatic carbocycles. The number of rotatable bonds is 6. The van der Waals surface area contributed by atoms with E-state index in [2.05, 4.69) is 43.4 Å². The Bertz CT molecular complexity index is 734. The smallest absolute Gasteiger partial charge is 0.271 e. The summed E-state index contributed by atoms with van der Waals surface area (Å²) in [5, 5.41) is 17.1. The molecule has 2 heterocycles. The number of hydrogen-bond acceptors (Lipinski definition) is 4. The molecular formula is C19H25BrN4O2. The van der Waals surface area contributed by atoms with Crippen LogP contribution in [0.25, 0.3) is 0 Å². The molecule has 0 aliphatic carbocycles. The predicted octanol–water partition coefficient (Wildman–Crippen LogP) is 2.28. The van der Waals surface area contributed by atoms with Gasteiger partial charge < -0.3 is 10.4 Å². The fraction of sp³-hybridized carbons (Fsp3) is 0.474. The van der Waals surface area contributed by atoms with Crippen molar-refractivity contribution in [3.8, 4) is 0 Å². The number of aliphatic hydroxyl groups is 1. The van der Waals surface area contributed by atoms with Crippen molar-refractivity contribution in [3.05, 3.63) is 52.3 Å². The number of carbonyl (C=O) groups is 1. The lowest BCUT2D eigenvalue weighted by atomic mass is 9.91. The van der Waals surface area contributed by atoms with Gasteiger partial charge in [-0.05, 0) is 41.4 Å². The first-order valence-corrected chi connectivity index (χ1v) is 9.81. The summed E-state index contributed by atoms with van der Waals surface area (Å²) in [7, 11) is 0. The third kappa shape index (κ3) is 4.34. The van der Waals surface area contributed by atoms with E-state index in [1.54, 1.807) is 10.9 Å². The summed E-state index contributed by atoms with van der Waals surface area (Å²) in [6.45, 7) is 5.16. The minimum absolute atomic E-state index is 0.0720. The number of aryl methyl sites for hydroxylation is 1. The molecule has 2 N–H and O–H groups in total. The van der Waals surface area contributed by atoms with Gasteiger partial charge in [-0.3, -0.25) is 14.4 Å². The first kappa shape index (κ1) is 19.1. The summed E-state index contributed by atoms with van der Waals surface area (Å²) in [5.41, 5.74) is 1.79. The van der Waals surface area contributed by atoms with Crippen molar-refractivity contribution in [2.24, 2.45) is 5.92 Å². The van der Waals surface area contributed by atoms with Crippen LogP contribution in [0.1, 0.15) is 29.4 Å². The summed E-state index contributed by atoms with van der Waals surface area (Å²) in [5.74, 6) is -0.0796. The first-order valence-electron chi connectivity index (χ1n) is 9.01. The Morgan fingerprint density at radius 2 is 2.15 bits per heavy atom. The van der Waals surface area contributed by atoms with Crippen molar-refractivity contribution in [2.45, 2.75) is 32.5 Å². The van der Waals surface area contributed by atoms with Crippen molar-refractivity contribution in [1.29, 1.82) is 0 Å². The van der Waals surface area contributed by atoms with Crippen LogP contribution in [0, 0.1) is 5.92 Å². The maximum absolute atomic E-state index is 12.8. The maximum Gasteiger partial charge on any atom is 0.271 e. The summed E-state index contributed by atoms with van der Waals surface area (Å²) in [4.78, 5) is 15.1. The van der Waals surface area contributed by atoms with Crippen molar-refractivity contribution < 1.29 is 9.90 Å². The lowest BCUT2D eigenvalue weighted by molar-refractivity contribution is 0.0722. The van der Waals surface area contributed by atoms with Gasteiger partial charge in [-0.1, -0.05) is 30.3 Å². The van der Waals surface area contributed by atoms with Gasteiger partial charge in [0.25, 0.3) is 5.91 Å².